The fraction of sp³-hybridized carbons (Fsp3) is 0.286. The minimum absolute atomic E-state index is 0.422. The summed E-state index contributed by atoms with van der Waals surface area (Å²) >= 11 is 6.29. The van der Waals surface area contributed by atoms with Crippen molar-refractivity contribution >= 4 is 29.1 Å². The van der Waals surface area contributed by atoms with E-state index in [1.807, 2.05) is 48.5 Å². The number of nitrogens with zero attached hydrogens (tertiary/aromatic N) is 3. The third-order valence-electron chi connectivity index (χ3n) is 4.73. The van der Waals surface area contributed by atoms with E-state index < -0.39 is 0 Å². The highest BCUT2D eigenvalue weighted by Gasteiger charge is 2.16. The van der Waals surface area contributed by atoms with Crippen LogP contribution in [0, 0.1) is 0 Å². The van der Waals surface area contributed by atoms with E-state index in [2.05, 4.69) is 20.6 Å². The molecule has 6 heteroatoms. The molecule has 2 N–H and O–H groups in total. The largest absolute Gasteiger partial charge is 0.351 e. The Hall–Kier alpha value is -2.66. The Balaban J connectivity index is 1.66. The summed E-state index contributed by atoms with van der Waals surface area (Å²) in [5, 5.41) is 7.47. The predicted octanol–water partition coefficient (Wildman–Crippen LogP) is 5.68. The molecule has 0 atom stereocenters. The van der Waals surface area contributed by atoms with Crippen molar-refractivity contribution in [2.75, 3.05) is 10.6 Å². The SMILES string of the molecule is Clc1ccccc1Nc1cc(-c2ccccn2)nc(NC2CCCCC2)n1. The molecule has 1 aromatic carbocycles. The second kappa shape index (κ2) is 8.35. The van der Waals surface area contributed by atoms with Gasteiger partial charge in [0.15, 0.2) is 0 Å². The number of pyridine rings is 1. The van der Waals surface area contributed by atoms with E-state index in [4.69, 9.17) is 16.6 Å². The molecule has 0 unspecified atom stereocenters. The predicted molar refractivity (Wildman–Crippen MR) is 110 cm³/mol. The molecule has 0 spiro atoms. The van der Waals surface area contributed by atoms with Crippen molar-refractivity contribution in [1.82, 2.24) is 15.0 Å². The lowest BCUT2D eigenvalue weighted by atomic mass is 9.96. The first-order valence-corrected chi connectivity index (χ1v) is 9.74. The maximum Gasteiger partial charge on any atom is 0.225 e. The van der Waals surface area contributed by atoms with Gasteiger partial charge in [0, 0.05) is 18.3 Å². The highest BCUT2D eigenvalue weighted by atomic mass is 35.5. The monoisotopic (exact) mass is 379 g/mol. The molecule has 5 nitrogen and oxygen atoms in total. The smallest absolute Gasteiger partial charge is 0.225 e. The van der Waals surface area contributed by atoms with Crippen molar-refractivity contribution in [2.24, 2.45) is 0 Å². The minimum Gasteiger partial charge on any atom is -0.351 e. The maximum atomic E-state index is 6.29. The Morgan fingerprint density at radius 1 is 0.889 bits per heavy atom. The normalized spacial score (nSPS) is 14.7. The van der Waals surface area contributed by atoms with Crippen LogP contribution in [0.15, 0.2) is 54.7 Å². The standard InChI is InChI=1S/C21H22ClN5/c22-16-10-4-5-11-17(16)25-20-14-19(18-12-6-7-13-23-18)26-21(27-20)24-15-8-2-1-3-9-15/h4-7,10-15H,1-3,8-9H2,(H2,24,25,26,27). The summed E-state index contributed by atoms with van der Waals surface area (Å²) in [5.41, 5.74) is 2.40. The van der Waals surface area contributed by atoms with Gasteiger partial charge in [0.25, 0.3) is 0 Å². The number of nitrogens with one attached hydrogen (secondary N) is 2. The number of benzene rings is 1. The van der Waals surface area contributed by atoms with Gasteiger partial charge < -0.3 is 10.6 Å². The molecule has 0 saturated heterocycles. The maximum absolute atomic E-state index is 6.29. The van der Waals surface area contributed by atoms with Crippen LogP contribution >= 0.6 is 11.6 Å². The lowest BCUT2D eigenvalue weighted by molar-refractivity contribution is 0.461. The summed E-state index contributed by atoms with van der Waals surface area (Å²) in [4.78, 5) is 13.8. The van der Waals surface area contributed by atoms with Gasteiger partial charge >= 0.3 is 0 Å². The van der Waals surface area contributed by atoms with Crippen molar-refractivity contribution in [3.05, 3.63) is 59.8 Å². The van der Waals surface area contributed by atoms with Gasteiger partial charge in [0.2, 0.25) is 5.95 Å². The van der Waals surface area contributed by atoms with Crippen LogP contribution in [-0.2, 0) is 0 Å². The Bertz CT molecular complexity index is 894. The Morgan fingerprint density at radius 3 is 2.48 bits per heavy atom. The second-order valence-corrected chi connectivity index (χ2v) is 7.17. The Labute approximate surface area is 164 Å². The average molecular weight is 380 g/mol. The highest BCUT2D eigenvalue weighted by Crippen LogP contribution is 2.27. The van der Waals surface area contributed by atoms with Crippen LogP contribution in [0.4, 0.5) is 17.5 Å². The average Bonchev–Trinajstić information content (AvgIpc) is 2.71. The van der Waals surface area contributed by atoms with Gasteiger partial charge in [-0.1, -0.05) is 49.1 Å². The molecule has 0 radical (unpaired) electrons. The first-order valence-electron chi connectivity index (χ1n) is 9.36. The third kappa shape index (κ3) is 4.55. The van der Waals surface area contributed by atoms with Gasteiger partial charge in [-0.2, -0.15) is 4.98 Å². The number of halogens is 1. The Kier molecular flexibility index (Phi) is 5.49. The van der Waals surface area contributed by atoms with Crippen LogP contribution < -0.4 is 10.6 Å². The van der Waals surface area contributed by atoms with Crippen LogP contribution in [0.1, 0.15) is 32.1 Å². The summed E-state index contributed by atoms with van der Waals surface area (Å²) in [5.74, 6) is 1.32. The van der Waals surface area contributed by atoms with Gasteiger partial charge in [-0.05, 0) is 37.1 Å². The summed E-state index contributed by atoms with van der Waals surface area (Å²) < 4.78 is 0. The van der Waals surface area contributed by atoms with E-state index in [1.165, 1.54) is 19.3 Å². The fourth-order valence-corrected chi connectivity index (χ4v) is 3.53. The summed E-state index contributed by atoms with van der Waals surface area (Å²) in [6, 6.07) is 15.8. The summed E-state index contributed by atoms with van der Waals surface area (Å²) in [7, 11) is 0. The molecular formula is C21H22ClN5. The molecule has 3 aromatic rings. The molecule has 1 aliphatic rings. The van der Waals surface area contributed by atoms with Crippen molar-refractivity contribution in [3.63, 3.8) is 0 Å². The van der Waals surface area contributed by atoms with Gasteiger partial charge in [0.05, 0.1) is 22.1 Å². The third-order valence-corrected chi connectivity index (χ3v) is 5.06. The van der Waals surface area contributed by atoms with Gasteiger partial charge in [-0.15, -0.1) is 0 Å². The van der Waals surface area contributed by atoms with E-state index in [-0.39, 0.29) is 0 Å². The molecular weight excluding hydrogens is 358 g/mol. The quantitative estimate of drug-likeness (QED) is 0.597. The van der Waals surface area contributed by atoms with Crippen LogP contribution in [0.2, 0.25) is 5.02 Å². The molecule has 0 amide bonds. The molecule has 2 aromatic heterocycles. The van der Waals surface area contributed by atoms with Gasteiger partial charge in [-0.25, -0.2) is 4.98 Å². The molecule has 138 valence electrons. The zero-order chi connectivity index (χ0) is 18.5. The number of anilines is 3. The van der Waals surface area contributed by atoms with E-state index in [9.17, 15) is 0 Å². The van der Waals surface area contributed by atoms with Crippen molar-refractivity contribution in [2.45, 2.75) is 38.1 Å². The topological polar surface area (TPSA) is 62.7 Å². The fourth-order valence-electron chi connectivity index (χ4n) is 3.35. The first-order chi connectivity index (χ1) is 13.3. The zero-order valence-electron chi connectivity index (χ0n) is 15.0. The van der Waals surface area contributed by atoms with E-state index in [0.29, 0.717) is 22.8 Å². The number of para-hydroxylation sites is 1. The van der Waals surface area contributed by atoms with Crippen LogP contribution in [0.3, 0.4) is 0 Å². The zero-order valence-corrected chi connectivity index (χ0v) is 15.8. The molecule has 0 bridgehead atoms. The molecule has 27 heavy (non-hydrogen) atoms. The van der Waals surface area contributed by atoms with Crippen molar-refractivity contribution in [3.8, 4) is 11.4 Å². The van der Waals surface area contributed by atoms with Gasteiger partial charge in [0.1, 0.15) is 5.82 Å². The highest BCUT2D eigenvalue weighted by molar-refractivity contribution is 6.33. The number of hydrogen-bond donors (Lipinski definition) is 2. The van der Waals surface area contributed by atoms with Gasteiger partial charge in [-0.3, -0.25) is 4.98 Å². The Morgan fingerprint density at radius 2 is 1.70 bits per heavy atom. The van der Waals surface area contributed by atoms with Crippen molar-refractivity contribution < 1.29 is 0 Å². The van der Waals surface area contributed by atoms with E-state index in [0.717, 1.165) is 29.9 Å². The first kappa shape index (κ1) is 17.7. The van der Waals surface area contributed by atoms with E-state index in [1.54, 1.807) is 6.20 Å². The van der Waals surface area contributed by atoms with Crippen LogP contribution in [0.5, 0.6) is 0 Å². The number of aromatic nitrogens is 3. The number of rotatable bonds is 5. The lowest BCUT2D eigenvalue weighted by Gasteiger charge is -2.23. The molecule has 1 fully saturated rings. The lowest BCUT2D eigenvalue weighted by Crippen LogP contribution is -2.23. The minimum atomic E-state index is 0.422. The second-order valence-electron chi connectivity index (χ2n) is 6.76. The molecule has 1 saturated carbocycles. The van der Waals surface area contributed by atoms with E-state index >= 15 is 0 Å². The van der Waals surface area contributed by atoms with Crippen molar-refractivity contribution in [1.29, 1.82) is 0 Å². The summed E-state index contributed by atoms with van der Waals surface area (Å²) in [6.07, 6.45) is 7.90. The molecule has 4 rings (SSSR count). The van der Waals surface area contributed by atoms with Crippen LogP contribution in [-0.4, -0.2) is 21.0 Å². The van der Waals surface area contributed by atoms with Crippen LogP contribution in [0.25, 0.3) is 11.4 Å². The molecule has 1 aliphatic carbocycles. The summed E-state index contributed by atoms with van der Waals surface area (Å²) in [6.45, 7) is 0. The molecule has 0 aliphatic heterocycles. The molecule has 2 heterocycles. The number of hydrogen-bond acceptors (Lipinski definition) is 5.